The van der Waals surface area contributed by atoms with Crippen molar-refractivity contribution in [3.63, 3.8) is 0 Å². The number of hydrogen-bond acceptors (Lipinski definition) is 6. The van der Waals surface area contributed by atoms with E-state index < -0.39 is 0 Å². The van der Waals surface area contributed by atoms with Crippen LogP contribution in [0.4, 0.5) is 5.69 Å². The molecule has 2 heterocycles. The lowest BCUT2D eigenvalue weighted by atomic mass is 10.1. The van der Waals surface area contributed by atoms with Crippen LogP contribution in [0.5, 0.6) is 11.5 Å². The van der Waals surface area contributed by atoms with Gasteiger partial charge in [-0.15, -0.1) is 0 Å². The van der Waals surface area contributed by atoms with Gasteiger partial charge in [0.1, 0.15) is 11.5 Å². The molecule has 144 valence electrons. The van der Waals surface area contributed by atoms with Gasteiger partial charge >= 0.3 is 0 Å². The Morgan fingerprint density at radius 2 is 1.79 bits per heavy atom. The number of hydrogen-bond donors (Lipinski definition) is 1. The molecule has 6 nitrogen and oxygen atoms in total. The molecule has 3 rings (SSSR count). The van der Waals surface area contributed by atoms with Gasteiger partial charge < -0.3 is 10.1 Å². The molecule has 0 aliphatic carbocycles. The Bertz CT molecular complexity index is 941. The second kappa shape index (κ2) is 9.32. The van der Waals surface area contributed by atoms with E-state index in [-0.39, 0.29) is 5.91 Å². The third kappa shape index (κ3) is 5.29. The zero-order valence-electron chi connectivity index (χ0n) is 16.1. The van der Waals surface area contributed by atoms with E-state index in [9.17, 15) is 4.79 Å². The fourth-order valence-electron chi connectivity index (χ4n) is 2.80. The molecule has 0 saturated heterocycles. The maximum atomic E-state index is 12.4. The minimum atomic E-state index is -0.0613. The molecule has 0 fully saturated rings. The van der Waals surface area contributed by atoms with Gasteiger partial charge in [0, 0.05) is 42.0 Å². The lowest BCUT2D eigenvalue weighted by molar-refractivity contribution is -0.116. The van der Waals surface area contributed by atoms with E-state index in [0.29, 0.717) is 30.0 Å². The predicted molar refractivity (Wildman–Crippen MR) is 111 cm³/mol. The van der Waals surface area contributed by atoms with Gasteiger partial charge in [0.25, 0.3) is 0 Å². The van der Waals surface area contributed by atoms with Gasteiger partial charge in [-0.25, -0.2) is 9.97 Å². The number of aromatic nitrogens is 3. The SMILES string of the molecule is CSc1nc(C)c(CCC(=O)Nc2cccc(Oc3ccncc3)c2)c(C)n1. The maximum absolute atomic E-state index is 12.4. The summed E-state index contributed by atoms with van der Waals surface area (Å²) in [5, 5.41) is 3.68. The number of aryl methyl sites for hydroxylation is 2. The van der Waals surface area contributed by atoms with Crippen molar-refractivity contribution in [1.29, 1.82) is 0 Å². The van der Waals surface area contributed by atoms with Crippen molar-refractivity contribution >= 4 is 23.4 Å². The molecule has 3 aromatic rings. The van der Waals surface area contributed by atoms with E-state index in [1.165, 1.54) is 11.8 Å². The summed E-state index contributed by atoms with van der Waals surface area (Å²) in [5.41, 5.74) is 3.58. The maximum Gasteiger partial charge on any atom is 0.224 e. The average Bonchev–Trinajstić information content (AvgIpc) is 2.68. The Labute approximate surface area is 168 Å². The van der Waals surface area contributed by atoms with Gasteiger partial charge in [0.15, 0.2) is 5.16 Å². The molecule has 0 aliphatic rings. The first kappa shape index (κ1) is 19.8. The molecule has 1 amide bonds. The molecular formula is C21H22N4O2S. The van der Waals surface area contributed by atoms with E-state index in [1.54, 1.807) is 30.6 Å². The van der Waals surface area contributed by atoms with Crippen molar-refractivity contribution in [3.8, 4) is 11.5 Å². The highest BCUT2D eigenvalue weighted by atomic mass is 32.2. The van der Waals surface area contributed by atoms with Gasteiger partial charge in [-0.2, -0.15) is 0 Å². The Hall–Kier alpha value is -2.93. The molecule has 0 aliphatic heterocycles. The summed E-state index contributed by atoms with van der Waals surface area (Å²) in [7, 11) is 0. The first-order valence-electron chi connectivity index (χ1n) is 8.91. The summed E-state index contributed by atoms with van der Waals surface area (Å²) in [4.78, 5) is 25.3. The summed E-state index contributed by atoms with van der Waals surface area (Å²) in [5.74, 6) is 1.28. The van der Waals surface area contributed by atoms with Gasteiger partial charge in [-0.1, -0.05) is 17.8 Å². The second-order valence-corrected chi connectivity index (χ2v) is 6.99. The number of rotatable bonds is 7. The van der Waals surface area contributed by atoms with Crippen molar-refractivity contribution in [2.75, 3.05) is 11.6 Å². The summed E-state index contributed by atoms with van der Waals surface area (Å²) in [6.45, 7) is 3.92. The van der Waals surface area contributed by atoms with E-state index in [1.807, 2.05) is 38.3 Å². The number of pyridine rings is 1. The normalized spacial score (nSPS) is 10.5. The van der Waals surface area contributed by atoms with Crippen LogP contribution in [0.2, 0.25) is 0 Å². The number of carbonyl (C=O) groups excluding carboxylic acids is 1. The average molecular weight is 395 g/mol. The van der Waals surface area contributed by atoms with Gasteiger partial charge in [-0.05, 0) is 56.4 Å². The molecule has 28 heavy (non-hydrogen) atoms. The molecule has 0 radical (unpaired) electrons. The zero-order valence-corrected chi connectivity index (χ0v) is 16.9. The smallest absolute Gasteiger partial charge is 0.224 e. The topological polar surface area (TPSA) is 77.0 Å². The molecule has 0 bridgehead atoms. The van der Waals surface area contributed by atoms with Crippen LogP contribution in [-0.4, -0.2) is 27.1 Å². The lowest BCUT2D eigenvalue weighted by Crippen LogP contribution is -2.13. The van der Waals surface area contributed by atoms with Crippen molar-refractivity contribution in [3.05, 3.63) is 65.7 Å². The Morgan fingerprint density at radius 1 is 1.07 bits per heavy atom. The molecule has 7 heteroatoms. The molecule has 0 saturated carbocycles. The van der Waals surface area contributed by atoms with Crippen molar-refractivity contribution in [2.24, 2.45) is 0 Å². The number of ether oxygens (including phenoxy) is 1. The number of nitrogens with one attached hydrogen (secondary N) is 1. The number of nitrogens with zero attached hydrogens (tertiary/aromatic N) is 3. The van der Waals surface area contributed by atoms with Crippen LogP contribution >= 0.6 is 11.8 Å². The Morgan fingerprint density at radius 3 is 2.46 bits per heavy atom. The number of thioether (sulfide) groups is 1. The molecular weight excluding hydrogens is 372 g/mol. The molecule has 2 aromatic heterocycles. The number of carbonyl (C=O) groups is 1. The fourth-order valence-corrected chi connectivity index (χ4v) is 3.26. The summed E-state index contributed by atoms with van der Waals surface area (Å²) < 4.78 is 5.77. The standard InChI is InChI=1S/C21H22N4O2S/c1-14-19(15(2)24-21(23-14)28-3)7-8-20(26)25-16-5-4-6-18(13-16)27-17-9-11-22-12-10-17/h4-6,9-13H,7-8H2,1-3H3,(H,25,26). The second-order valence-electron chi connectivity index (χ2n) is 6.22. The molecule has 0 unspecified atom stereocenters. The molecule has 1 N–H and O–H groups in total. The quantitative estimate of drug-likeness (QED) is 0.467. The summed E-state index contributed by atoms with van der Waals surface area (Å²) in [6, 6.07) is 10.9. The van der Waals surface area contributed by atoms with Gasteiger partial charge in [-0.3, -0.25) is 9.78 Å². The van der Waals surface area contributed by atoms with Crippen molar-refractivity contribution < 1.29 is 9.53 Å². The zero-order chi connectivity index (χ0) is 19.9. The van der Waals surface area contributed by atoms with Crippen molar-refractivity contribution in [2.45, 2.75) is 31.8 Å². The van der Waals surface area contributed by atoms with Crippen molar-refractivity contribution in [1.82, 2.24) is 15.0 Å². The van der Waals surface area contributed by atoms with Crippen LogP contribution in [0.15, 0.2) is 53.9 Å². The highest BCUT2D eigenvalue weighted by Gasteiger charge is 2.11. The van der Waals surface area contributed by atoms with E-state index in [2.05, 4.69) is 20.3 Å². The number of anilines is 1. The minimum Gasteiger partial charge on any atom is -0.457 e. The third-order valence-electron chi connectivity index (χ3n) is 4.19. The monoisotopic (exact) mass is 394 g/mol. The van der Waals surface area contributed by atoms with Crippen LogP contribution in [0, 0.1) is 13.8 Å². The van der Waals surface area contributed by atoms with E-state index >= 15 is 0 Å². The third-order valence-corrected chi connectivity index (χ3v) is 4.74. The molecule has 1 aromatic carbocycles. The predicted octanol–water partition coefficient (Wildman–Crippen LogP) is 4.57. The molecule has 0 spiro atoms. The van der Waals surface area contributed by atoms with Crippen LogP contribution in [0.1, 0.15) is 23.4 Å². The lowest BCUT2D eigenvalue weighted by Gasteiger charge is -2.11. The Balaban J connectivity index is 1.60. The number of benzene rings is 1. The van der Waals surface area contributed by atoms with Gasteiger partial charge in [0.05, 0.1) is 0 Å². The highest BCUT2D eigenvalue weighted by Crippen LogP contribution is 2.24. The minimum absolute atomic E-state index is 0.0613. The number of amides is 1. The first-order valence-corrected chi connectivity index (χ1v) is 10.1. The van der Waals surface area contributed by atoms with Gasteiger partial charge in [0.2, 0.25) is 5.91 Å². The largest absolute Gasteiger partial charge is 0.457 e. The van der Waals surface area contributed by atoms with Crippen LogP contribution in [-0.2, 0) is 11.2 Å². The Kier molecular flexibility index (Phi) is 6.60. The summed E-state index contributed by atoms with van der Waals surface area (Å²) >= 11 is 1.52. The highest BCUT2D eigenvalue weighted by molar-refractivity contribution is 7.98. The molecule has 0 atom stereocenters. The fraction of sp³-hybridized carbons (Fsp3) is 0.238. The van der Waals surface area contributed by atoms with Crippen LogP contribution in [0.3, 0.4) is 0 Å². The van der Waals surface area contributed by atoms with Crippen LogP contribution < -0.4 is 10.1 Å². The van der Waals surface area contributed by atoms with Crippen LogP contribution in [0.25, 0.3) is 0 Å². The summed E-state index contributed by atoms with van der Waals surface area (Å²) in [6.07, 6.45) is 6.25. The van der Waals surface area contributed by atoms with E-state index in [0.717, 1.165) is 22.1 Å². The first-order chi connectivity index (χ1) is 13.5. The van der Waals surface area contributed by atoms with E-state index in [4.69, 9.17) is 4.74 Å².